The molecule has 2 saturated heterocycles. The summed E-state index contributed by atoms with van der Waals surface area (Å²) in [5.74, 6) is -2.46. The lowest BCUT2D eigenvalue weighted by Crippen LogP contribution is -2.55. The fraction of sp³-hybridized carbons (Fsp3) is 0.381. The molecule has 0 saturated carbocycles. The second kappa shape index (κ2) is 6.16. The maximum absolute atomic E-state index is 12.9. The average molecular weight is 366 g/mol. The van der Waals surface area contributed by atoms with Crippen LogP contribution in [0.25, 0.3) is 10.8 Å². The van der Waals surface area contributed by atoms with E-state index in [0.29, 0.717) is 6.42 Å². The molecule has 2 heterocycles. The number of carbonyl (C=O) groups excluding carboxylic acids is 3. The van der Waals surface area contributed by atoms with Crippen molar-refractivity contribution in [3.05, 3.63) is 48.0 Å². The lowest BCUT2D eigenvalue weighted by molar-refractivity contribution is -0.154. The van der Waals surface area contributed by atoms with Gasteiger partial charge in [0.15, 0.2) is 0 Å². The van der Waals surface area contributed by atoms with Gasteiger partial charge in [-0.25, -0.2) is 0 Å². The summed E-state index contributed by atoms with van der Waals surface area (Å²) in [5.41, 5.74) is -0.313. The molecular weight excluding hydrogens is 344 g/mol. The summed E-state index contributed by atoms with van der Waals surface area (Å²) in [6.45, 7) is 1.83. The molecule has 27 heavy (non-hydrogen) atoms. The topological polar surface area (TPSA) is 75.7 Å². The number of ether oxygens (including phenoxy) is 1. The first kappa shape index (κ1) is 17.7. The molecule has 0 radical (unpaired) electrons. The highest BCUT2D eigenvalue weighted by molar-refractivity contribution is 6.09. The number of methoxy groups -OCH3 is 1. The van der Waals surface area contributed by atoms with Gasteiger partial charge >= 0.3 is 5.97 Å². The number of carbonyl (C=O) groups is 3. The first-order chi connectivity index (χ1) is 12.9. The minimum Gasteiger partial charge on any atom is -0.468 e. The van der Waals surface area contributed by atoms with E-state index >= 15 is 0 Å². The minimum atomic E-state index is -1.20. The smallest absolute Gasteiger partial charge is 0.326 e. The van der Waals surface area contributed by atoms with Gasteiger partial charge in [-0.05, 0) is 28.8 Å². The maximum atomic E-state index is 12.9. The van der Waals surface area contributed by atoms with Crippen LogP contribution < -0.4 is 5.32 Å². The third-order valence-corrected chi connectivity index (χ3v) is 6.11. The van der Waals surface area contributed by atoms with Crippen molar-refractivity contribution in [2.75, 3.05) is 14.2 Å². The van der Waals surface area contributed by atoms with Crippen molar-refractivity contribution >= 4 is 28.6 Å². The van der Waals surface area contributed by atoms with E-state index in [1.54, 1.807) is 0 Å². The molecule has 1 N–H and O–H groups in total. The van der Waals surface area contributed by atoms with Gasteiger partial charge in [-0.2, -0.15) is 0 Å². The van der Waals surface area contributed by atoms with Gasteiger partial charge < -0.3 is 4.74 Å². The molecule has 4 atom stereocenters. The quantitative estimate of drug-likeness (QED) is 0.665. The summed E-state index contributed by atoms with van der Waals surface area (Å²) in [4.78, 5) is 39.6. The van der Waals surface area contributed by atoms with Crippen LogP contribution in [0, 0.1) is 11.8 Å². The van der Waals surface area contributed by atoms with Crippen LogP contribution in [0.3, 0.4) is 0 Å². The second-order valence-corrected chi connectivity index (χ2v) is 7.28. The Morgan fingerprint density at radius 1 is 1.15 bits per heavy atom. The third kappa shape index (κ3) is 2.33. The Morgan fingerprint density at radius 3 is 2.52 bits per heavy atom. The summed E-state index contributed by atoms with van der Waals surface area (Å²) in [6, 6.07) is 13.5. The molecule has 2 aliphatic heterocycles. The predicted octanol–water partition coefficient (Wildman–Crippen LogP) is 2.04. The van der Waals surface area contributed by atoms with Crippen molar-refractivity contribution in [2.24, 2.45) is 11.8 Å². The number of benzene rings is 2. The molecule has 0 spiro atoms. The van der Waals surface area contributed by atoms with E-state index in [2.05, 4.69) is 5.32 Å². The zero-order valence-corrected chi connectivity index (χ0v) is 15.6. The van der Waals surface area contributed by atoms with Gasteiger partial charge in [-0.1, -0.05) is 43.3 Å². The lowest BCUT2D eigenvalue weighted by Gasteiger charge is -2.30. The average Bonchev–Trinajstić information content (AvgIpc) is 3.17. The van der Waals surface area contributed by atoms with Crippen LogP contribution in [0.2, 0.25) is 0 Å². The fourth-order valence-corrected chi connectivity index (χ4v) is 4.67. The monoisotopic (exact) mass is 366 g/mol. The minimum absolute atomic E-state index is 0.255. The van der Waals surface area contributed by atoms with Crippen LogP contribution in [0.1, 0.15) is 24.9 Å². The fourth-order valence-electron chi connectivity index (χ4n) is 4.67. The van der Waals surface area contributed by atoms with E-state index in [4.69, 9.17) is 4.74 Å². The molecule has 6 nitrogen and oxygen atoms in total. The van der Waals surface area contributed by atoms with Crippen LogP contribution >= 0.6 is 0 Å². The highest BCUT2D eigenvalue weighted by Crippen LogP contribution is 2.50. The standard InChI is InChI=1S/C21H22N2O4/c1-4-21(20(26)27-3)16-15(18(24)23(2)19(16)25)17(22-21)14-10-9-12-7-5-6-8-13(12)11-14/h5-11,15-17,22H,4H2,1-3H3/t15-,16-,17-,21-/m0/s1. The normalized spacial score (nSPS) is 30.0. The van der Waals surface area contributed by atoms with Crippen LogP contribution in [0.4, 0.5) is 0 Å². The van der Waals surface area contributed by atoms with E-state index in [9.17, 15) is 14.4 Å². The largest absolute Gasteiger partial charge is 0.468 e. The van der Waals surface area contributed by atoms with E-state index in [1.165, 1.54) is 14.2 Å². The van der Waals surface area contributed by atoms with Gasteiger partial charge in [0.1, 0.15) is 5.54 Å². The molecule has 2 aromatic carbocycles. The predicted molar refractivity (Wildman–Crippen MR) is 99.6 cm³/mol. The van der Waals surface area contributed by atoms with E-state index in [1.807, 2.05) is 49.4 Å². The van der Waals surface area contributed by atoms with Crippen molar-refractivity contribution in [1.82, 2.24) is 10.2 Å². The number of hydrogen-bond acceptors (Lipinski definition) is 5. The Hall–Kier alpha value is -2.73. The summed E-state index contributed by atoms with van der Waals surface area (Å²) in [5, 5.41) is 5.47. The van der Waals surface area contributed by atoms with Crippen LogP contribution in [-0.2, 0) is 19.1 Å². The van der Waals surface area contributed by atoms with Crippen molar-refractivity contribution in [3.8, 4) is 0 Å². The highest BCUT2D eigenvalue weighted by atomic mass is 16.5. The van der Waals surface area contributed by atoms with E-state index < -0.39 is 29.4 Å². The number of fused-ring (bicyclic) bond motifs is 2. The van der Waals surface area contributed by atoms with Crippen molar-refractivity contribution in [3.63, 3.8) is 0 Å². The Morgan fingerprint density at radius 2 is 1.85 bits per heavy atom. The molecule has 2 aliphatic rings. The molecule has 140 valence electrons. The zero-order valence-electron chi connectivity index (χ0n) is 15.6. The Kier molecular flexibility index (Phi) is 4.03. The lowest BCUT2D eigenvalue weighted by atomic mass is 9.78. The Bertz CT molecular complexity index is 956. The number of nitrogens with zero attached hydrogens (tertiary/aromatic N) is 1. The molecule has 2 fully saturated rings. The van der Waals surface area contributed by atoms with Crippen molar-refractivity contribution in [2.45, 2.75) is 24.9 Å². The number of hydrogen-bond donors (Lipinski definition) is 1. The van der Waals surface area contributed by atoms with Crippen molar-refractivity contribution in [1.29, 1.82) is 0 Å². The van der Waals surface area contributed by atoms with E-state index in [-0.39, 0.29) is 11.8 Å². The first-order valence-electron chi connectivity index (χ1n) is 9.11. The molecular formula is C21H22N2O4. The van der Waals surface area contributed by atoms with Gasteiger partial charge in [0, 0.05) is 13.1 Å². The zero-order chi connectivity index (χ0) is 19.3. The molecule has 0 bridgehead atoms. The number of amides is 2. The summed E-state index contributed by atoms with van der Waals surface area (Å²) in [6.07, 6.45) is 0.359. The molecule has 4 rings (SSSR count). The molecule has 2 amide bonds. The maximum Gasteiger partial charge on any atom is 0.326 e. The second-order valence-electron chi connectivity index (χ2n) is 7.28. The number of imide groups is 1. The summed E-state index contributed by atoms with van der Waals surface area (Å²) in [7, 11) is 2.79. The summed E-state index contributed by atoms with van der Waals surface area (Å²) >= 11 is 0. The van der Waals surface area contributed by atoms with Gasteiger partial charge in [0.2, 0.25) is 11.8 Å². The van der Waals surface area contributed by atoms with Gasteiger partial charge in [0.05, 0.1) is 18.9 Å². The SMILES string of the molecule is CC[C@]1(C(=O)OC)N[C@@H](c2ccc3ccccc3c2)[C@H]2C(=O)N(C)C(=O)[C@H]21. The number of likely N-dealkylation sites (tertiary alicyclic amines) is 1. The van der Waals surface area contributed by atoms with Crippen LogP contribution in [0.15, 0.2) is 42.5 Å². The van der Waals surface area contributed by atoms with Gasteiger partial charge in [-0.3, -0.25) is 24.6 Å². The summed E-state index contributed by atoms with van der Waals surface area (Å²) < 4.78 is 5.03. The first-order valence-corrected chi connectivity index (χ1v) is 9.11. The van der Waals surface area contributed by atoms with Gasteiger partial charge in [0.25, 0.3) is 0 Å². The molecule has 2 aromatic rings. The molecule has 0 aliphatic carbocycles. The van der Waals surface area contributed by atoms with E-state index in [0.717, 1.165) is 21.2 Å². The van der Waals surface area contributed by atoms with Crippen LogP contribution in [-0.4, -0.2) is 42.4 Å². The number of rotatable bonds is 3. The molecule has 6 heteroatoms. The molecule has 0 unspecified atom stereocenters. The van der Waals surface area contributed by atoms with Crippen molar-refractivity contribution < 1.29 is 19.1 Å². The van der Waals surface area contributed by atoms with Crippen LogP contribution in [0.5, 0.6) is 0 Å². The Labute approximate surface area is 157 Å². The van der Waals surface area contributed by atoms with Gasteiger partial charge in [-0.15, -0.1) is 0 Å². The number of esters is 1. The molecule has 0 aromatic heterocycles. The Balaban J connectivity index is 1.86. The highest BCUT2D eigenvalue weighted by Gasteiger charge is 2.67. The third-order valence-electron chi connectivity index (χ3n) is 6.11. The number of nitrogens with one attached hydrogen (secondary N) is 1.